The molecular weight excluding hydrogens is 244 g/mol. The molecule has 0 saturated carbocycles. The Labute approximate surface area is 113 Å². The summed E-state index contributed by atoms with van der Waals surface area (Å²) in [6, 6.07) is 9.92. The Morgan fingerprint density at radius 3 is 2.39 bits per heavy atom. The Hall–Kier alpha value is -1.38. The molecule has 18 heavy (non-hydrogen) atoms. The lowest BCUT2D eigenvalue weighted by molar-refractivity contribution is 0.691. The number of pyridine rings is 1. The Morgan fingerprint density at radius 2 is 1.83 bits per heavy atom. The zero-order valence-corrected chi connectivity index (χ0v) is 11.4. The van der Waals surface area contributed by atoms with Gasteiger partial charge in [-0.3, -0.25) is 4.98 Å². The third-order valence-electron chi connectivity index (χ3n) is 3.20. The summed E-state index contributed by atoms with van der Waals surface area (Å²) in [7, 11) is 0. The molecule has 2 nitrogen and oxygen atoms in total. The van der Waals surface area contributed by atoms with Crippen LogP contribution in [0.2, 0.25) is 5.02 Å². The van der Waals surface area contributed by atoms with Crippen LogP contribution in [-0.4, -0.2) is 4.98 Å². The average molecular weight is 261 g/mol. The largest absolute Gasteiger partial charge is 0.322 e. The molecule has 0 aliphatic carbocycles. The van der Waals surface area contributed by atoms with Gasteiger partial charge in [0.25, 0.3) is 0 Å². The second-order valence-electron chi connectivity index (χ2n) is 4.58. The van der Waals surface area contributed by atoms with E-state index < -0.39 is 0 Å². The van der Waals surface area contributed by atoms with E-state index in [1.165, 1.54) is 16.7 Å². The molecule has 94 valence electrons. The first-order chi connectivity index (χ1) is 8.58. The van der Waals surface area contributed by atoms with E-state index in [1.807, 2.05) is 12.1 Å². The smallest absolute Gasteiger partial charge is 0.0589 e. The maximum absolute atomic E-state index is 6.21. The molecule has 1 aromatic carbocycles. The molecule has 0 aliphatic heterocycles. The van der Waals surface area contributed by atoms with Crippen molar-refractivity contribution >= 4 is 11.6 Å². The van der Waals surface area contributed by atoms with E-state index in [1.54, 1.807) is 6.20 Å². The van der Waals surface area contributed by atoms with Crippen LogP contribution in [0.25, 0.3) is 0 Å². The van der Waals surface area contributed by atoms with Gasteiger partial charge in [-0.1, -0.05) is 29.8 Å². The van der Waals surface area contributed by atoms with Crippen molar-refractivity contribution in [1.29, 1.82) is 0 Å². The average Bonchev–Trinajstić information content (AvgIpc) is 2.34. The van der Waals surface area contributed by atoms with Crippen molar-refractivity contribution in [2.75, 3.05) is 0 Å². The molecule has 1 heterocycles. The van der Waals surface area contributed by atoms with E-state index in [-0.39, 0.29) is 6.04 Å². The number of nitrogens with zero attached hydrogens (tertiary/aromatic N) is 1. The molecular formula is C15H17ClN2. The second-order valence-corrected chi connectivity index (χ2v) is 5.02. The lowest BCUT2D eigenvalue weighted by Gasteiger charge is -2.15. The van der Waals surface area contributed by atoms with Gasteiger partial charge in [-0.25, -0.2) is 0 Å². The van der Waals surface area contributed by atoms with Crippen molar-refractivity contribution in [2.45, 2.75) is 26.3 Å². The van der Waals surface area contributed by atoms with Crippen LogP contribution in [0.15, 0.2) is 36.5 Å². The van der Waals surface area contributed by atoms with Crippen molar-refractivity contribution < 1.29 is 0 Å². The summed E-state index contributed by atoms with van der Waals surface area (Å²) >= 11 is 5.82. The van der Waals surface area contributed by atoms with Gasteiger partial charge >= 0.3 is 0 Å². The lowest BCUT2D eigenvalue weighted by atomic mass is 9.95. The topological polar surface area (TPSA) is 38.9 Å². The molecule has 1 atom stereocenters. The predicted molar refractivity (Wildman–Crippen MR) is 75.8 cm³/mol. The fraction of sp³-hybridized carbons (Fsp3) is 0.267. The first-order valence-corrected chi connectivity index (χ1v) is 6.38. The van der Waals surface area contributed by atoms with Crippen molar-refractivity contribution in [3.63, 3.8) is 0 Å². The number of nitrogens with two attached hydrogens (primary N) is 1. The first-order valence-electron chi connectivity index (χ1n) is 6.00. The summed E-state index contributed by atoms with van der Waals surface area (Å²) in [5.41, 5.74) is 10.9. The van der Waals surface area contributed by atoms with E-state index in [2.05, 4.69) is 37.0 Å². The third kappa shape index (κ3) is 2.89. The number of hydrogen-bond donors (Lipinski definition) is 1. The van der Waals surface area contributed by atoms with Crippen LogP contribution < -0.4 is 5.73 Å². The van der Waals surface area contributed by atoms with Crippen LogP contribution in [-0.2, 0) is 6.42 Å². The van der Waals surface area contributed by atoms with Gasteiger partial charge in [0.05, 0.1) is 16.8 Å². The van der Waals surface area contributed by atoms with Gasteiger partial charge < -0.3 is 5.73 Å². The number of rotatable bonds is 3. The molecule has 0 radical (unpaired) electrons. The normalized spacial score (nSPS) is 12.4. The van der Waals surface area contributed by atoms with Gasteiger partial charge in [-0.05, 0) is 49.1 Å². The number of aromatic nitrogens is 1. The summed E-state index contributed by atoms with van der Waals surface area (Å²) in [6.45, 7) is 4.23. The van der Waals surface area contributed by atoms with E-state index in [0.29, 0.717) is 5.02 Å². The molecule has 0 saturated heterocycles. The summed E-state index contributed by atoms with van der Waals surface area (Å²) in [5, 5.41) is 0.637. The predicted octanol–water partition coefficient (Wildman–Crippen LogP) is 3.59. The molecule has 0 bridgehead atoms. The highest BCUT2D eigenvalue weighted by Crippen LogP contribution is 2.21. The van der Waals surface area contributed by atoms with Crippen molar-refractivity contribution in [2.24, 2.45) is 5.73 Å². The molecule has 1 aromatic heterocycles. The Bertz CT molecular complexity index is 514. The fourth-order valence-corrected chi connectivity index (χ4v) is 2.21. The summed E-state index contributed by atoms with van der Waals surface area (Å²) in [5.74, 6) is 0. The monoisotopic (exact) mass is 260 g/mol. The Balaban J connectivity index is 2.21. The van der Waals surface area contributed by atoms with E-state index in [4.69, 9.17) is 17.3 Å². The van der Waals surface area contributed by atoms with Crippen LogP contribution >= 0.6 is 11.6 Å². The maximum atomic E-state index is 6.21. The quantitative estimate of drug-likeness (QED) is 0.916. The van der Waals surface area contributed by atoms with Crippen LogP contribution in [0.3, 0.4) is 0 Å². The van der Waals surface area contributed by atoms with Crippen LogP contribution in [0.4, 0.5) is 0 Å². The number of benzene rings is 1. The van der Waals surface area contributed by atoms with Crippen LogP contribution in [0.1, 0.15) is 28.4 Å². The van der Waals surface area contributed by atoms with Crippen LogP contribution in [0, 0.1) is 13.8 Å². The van der Waals surface area contributed by atoms with E-state index in [0.717, 1.165) is 12.1 Å². The maximum Gasteiger partial charge on any atom is 0.0589 e. The van der Waals surface area contributed by atoms with Gasteiger partial charge in [0.15, 0.2) is 0 Å². The third-order valence-corrected chi connectivity index (χ3v) is 3.42. The molecule has 2 N–H and O–H groups in total. The molecule has 2 aromatic rings. The lowest BCUT2D eigenvalue weighted by Crippen LogP contribution is -2.16. The van der Waals surface area contributed by atoms with E-state index >= 15 is 0 Å². The highest BCUT2D eigenvalue weighted by molar-refractivity contribution is 6.30. The van der Waals surface area contributed by atoms with Gasteiger partial charge in [0.1, 0.15) is 0 Å². The minimum atomic E-state index is -0.0953. The number of hydrogen-bond acceptors (Lipinski definition) is 2. The number of halogens is 1. The zero-order chi connectivity index (χ0) is 13.1. The highest BCUT2D eigenvalue weighted by atomic mass is 35.5. The first kappa shape index (κ1) is 13.1. The Kier molecular flexibility index (Phi) is 4.00. The zero-order valence-electron chi connectivity index (χ0n) is 10.7. The Morgan fingerprint density at radius 1 is 1.17 bits per heavy atom. The molecule has 0 spiro atoms. The SMILES string of the molecule is Cc1cccc(C)c1CC(N)c1ccc(Cl)cn1. The molecule has 3 heteroatoms. The molecule has 0 aliphatic rings. The van der Waals surface area contributed by atoms with Crippen LogP contribution in [0.5, 0.6) is 0 Å². The summed E-state index contributed by atoms with van der Waals surface area (Å²) < 4.78 is 0. The minimum absolute atomic E-state index is 0.0953. The second kappa shape index (κ2) is 5.51. The molecule has 1 unspecified atom stereocenters. The highest BCUT2D eigenvalue weighted by Gasteiger charge is 2.11. The van der Waals surface area contributed by atoms with Gasteiger partial charge in [0.2, 0.25) is 0 Å². The standard InChI is InChI=1S/C15H17ClN2/c1-10-4-3-5-11(2)13(10)8-14(17)15-7-6-12(16)9-18-15/h3-7,9,14H,8,17H2,1-2H3. The van der Waals surface area contributed by atoms with Gasteiger partial charge in [-0.2, -0.15) is 0 Å². The van der Waals surface area contributed by atoms with Crippen molar-refractivity contribution in [3.8, 4) is 0 Å². The minimum Gasteiger partial charge on any atom is -0.322 e. The molecule has 0 fully saturated rings. The number of aryl methyl sites for hydroxylation is 2. The van der Waals surface area contributed by atoms with Crippen molar-refractivity contribution in [1.82, 2.24) is 4.98 Å². The summed E-state index contributed by atoms with van der Waals surface area (Å²) in [6.07, 6.45) is 2.44. The fourth-order valence-electron chi connectivity index (χ4n) is 2.10. The van der Waals surface area contributed by atoms with Crippen molar-refractivity contribution in [3.05, 3.63) is 63.9 Å². The molecule has 2 rings (SSSR count). The molecule has 0 amide bonds. The van der Waals surface area contributed by atoms with Gasteiger partial charge in [-0.15, -0.1) is 0 Å². The van der Waals surface area contributed by atoms with Gasteiger partial charge in [0, 0.05) is 6.20 Å². The van der Waals surface area contributed by atoms with E-state index in [9.17, 15) is 0 Å². The summed E-state index contributed by atoms with van der Waals surface area (Å²) in [4.78, 5) is 4.28.